The Morgan fingerprint density at radius 1 is 1.05 bits per heavy atom. The Balaban J connectivity index is 1.49. The summed E-state index contributed by atoms with van der Waals surface area (Å²) in [4.78, 5) is 15.0. The number of anilines is 1. The molecule has 0 radical (unpaired) electrons. The molecule has 11 heteroatoms. The molecule has 7 nitrogen and oxygen atoms in total. The van der Waals surface area contributed by atoms with Gasteiger partial charge in [-0.3, -0.25) is 4.98 Å². The first-order valence-electron chi connectivity index (χ1n) is 12.0. The van der Waals surface area contributed by atoms with E-state index in [1.807, 2.05) is 4.90 Å². The molecule has 37 heavy (non-hydrogen) atoms. The van der Waals surface area contributed by atoms with Crippen LogP contribution in [-0.4, -0.2) is 58.0 Å². The summed E-state index contributed by atoms with van der Waals surface area (Å²) in [6, 6.07) is 10.4. The summed E-state index contributed by atoms with van der Waals surface area (Å²) >= 11 is 0. The number of rotatable bonds is 5. The third-order valence-corrected chi connectivity index (χ3v) is 6.88. The molecule has 0 saturated carbocycles. The zero-order chi connectivity index (χ0) is 25.7. The molecule has 2 aliphatic rings. The predicted octanol–water partition coefficient (Wildman–Crippen LogP) is 4.96. The average Bonchev–Trinajstić information content (AvgIpc) is 3.20. The molecular weight excluding hydrogens is 490 g/mol. The molecule has 2 aromatic heterocycles. The van der Waals surface area contributed by atoms with E-state index in [1.54, 1.807) is 30.3 Å². The minimum absolute atomic E-state index is 0.0362. The molecule has 0 unspecified atom stereocenters. The van der Waals surface area contributed by atoms with E-state index < -0.39 is 25.0 Å². The largest absolute Gasteiger partial charge is 0.508 e. The molecular formula is C26H23F4N5O2. The van der Waals surface area contributed by atoms with E-state index in [1.165, 1.54) is 12.3 Å². The molecule has 0 amide bonds. The number of pyridine rings is 1. The fourth-order valence-corrected chi connectivity index (χ4v) is 5.23. The van der Waals surface area contributed by atoms with Crippen molar-refractivity contribution in [2.24, 2.45) is 0 Å². The second kappa shape index (κ2) is 8.98. The van der Waals surface area contributed by atoms with Crippen molar-refractivity contribution in [2.45, 2.75) is 37.5 Å². The van der Waals surface area contributed by atoms with Gasteiger partial charge in [-0.2, -0.15) is 23.1 Å². The van der Waals surface area contributed by atoms with Gasteiger partial charge in [0, 0.05) is 36.9 Å². The van der Waals surface area contributed by atoms with Crippen molar-refractivity contribution < 1.29 is 27.4 Å². The average molecular weight is 513 g/mol. The summed E-state index contributed by atoms with van der Waals surface area (Å²) in [7, 11) is 0. The molecule has 2 N–H and O–H groups in total. The number of alkyl halides is 3. The van der Waals surface area contributed by atoms with Gasteiger partial charge in [-0.25, -0.2) is 4.39 Å². The first-order chi connectivity index (χ1) is 17.7. The van der Waals surface area contributed by atoms with Crippen LogP contribution in [0.5, 0.6) is 11.8 Å². The first kappa shape index (κ1) is 23.7. The molecule has 192 valence electrons. The van der Waals surface area contributed by atoms with E-state index in [0.29, 0.717) is 40.6 Å². The number of nitrogens with one attached hydrogen (secondary N) is 1. The monoisotopic (exact) mass is 513 g/mol. The van der Waals surface area contributed by atoms with Crippen LogP contribution < -0.4 is 15.0 Å². The van der Waals surface area contributed by atoms with E-state index in [-0.39, 0.29) is 35.1 Å². The summed E-state index contributed by atoms with van der Waals surface area (Å²) in [5.41, 5.74) is 0.233. The lowest BCUT2D eigenvalue weighted by Gasteiger charge is -2.34. The quantitative estimate of drug-likeness (QED) is 0.365. The number of aromatic hydroxyl groups is 1. The minimum atomic E-state index is -4.41. The fraction of sp³-hybridized carbons (Fsp3) is 0.346. The van der Waals surface area contributed by atoms with Crippen molar-refractivity contribution in [1.82, 2.24) is 20.3 Å². The number of phenols is 1. The van der Waals surface area contributed by atoms with Gasteiger partial charge >= 0.3 is 12.2 Å². The molecule has 2 fully saturated rings. The SMILES string of the molecule is Oc1cc(-c2ncc3c(N4C[C@H]5CC[C@@H](C4)N5)nc(OCCC(F)(F)F)nc3c2F)c2ccccc2c1. The zero-order valence-corrected chi connectivity index (χ0v) is 19.6. The molecule has 6 rings (SSSR count). The molecule has 2 aliphatic heterocycles. The Morgan fingerprint density at radius 2 is 1.81 bits per heavy atom. The Bertz CT molecular complexity index is 1480. The number of piperazine rings is 1. The third kappa shape index (κ3) is 4.59. The summed E-state index contributed by atoms with van der Waals surface area (Å²) in [6.45, 7) is 0.550. The van der Waals surface area contributed by atoms with E-state index in [4.69, 9.17) is 4.74 Å². The molecule has 4 aromatic rings. The lowest BCUT2D eigenvalue weighted by Crippen LogP contribution is -2.51. The van der Waals surface area contributed by atoms with Gasteiger partial charge in [0.15, 0.2) is 5.82 Å². The van der Waals surface area contributed by atoms with Crippen molar-refractivity contribution in [3.05, 3.63) is 48.4 Å². The topological polar surface area (TPSA) is 83.4 Å². The number of fused-ring (bicyclic) bond motifs is 4. The maximum Gasteiger partial charge on any atom is 0.392 e. The Hall–Kier alpha value is -3.73. The van der Waals surface area contributed by atoms with E-state index in [0.717, 1.165) is 12.8 Å². The van der Waals surface area contributed by atoms with E-state index >= 15 is 4.39 Å². The van der Waals surface area contributed by atoms with Crippen LogP contribution in [0.15, 0.2) is 42.6 Å². The van der Waals surface area contributed by atoms with Crippen LogP contribution in [0.1, 0.15) is 19.3 Å². The van der Waals surface area contributed by atoms with Gasteiger partial charge in [-0.15, -0.1) is 0 Å². The smallest absolute Gasteiger partial charge is 0.392 e. The van der Waals surface area contributed by atoms with Crippen LogP contribution in [0.3, 0.4) is 0 Å². The maximum atomic E-state index is 16.1. The third-order valence-electron chi connectivity index (χ3n) is 6.88. The number of hydrogen-bond donors (Lipinski definition) is 2. The molecule has 2 aromatic carbocycles. The second-order valence-corrected chi connectivity index (χ2v) is 9.48. The number of ether oxygens (including phenoxy) is 1. The van der Waals surface area contributed by atoms with Crippen LogP contribution in [-0.2, 0) is 0 Å². The van der Waals surface area contributed by atoms with Crippen molar-refractivity contribution in [1.29, 1.82) is 0 Å². The van der Waals surface area contributed by atoms with Gasteiger partial charge in [0.1, 0.15) is 29.4 Å². The highest BCUT2D eigenvalue weighted by atomic mass is 19.4. The summed E-state index contributed by atoms with van der Waals surface area (Å²) in [6.07, 6.45) is -2.11. The van der Waals surface area contributed by atoms with Crippen molar-refractivity contribution in [3.8, 4) is 23.0 Å². The zero-order valence-electron chi connectivity index (χ0n) is 19.6. The molecule has 2 saturated heterocycles. The molecule has 0 aliphatic carbocycles. The van der Waals surface area contributed by atoms with Gasteiger partial charge in [0.25, 0.3) is 0 Å². The number of aromatic nitrogens is 3. The minimum Gasteiger partial charge on any atom is -0.508 e. The molecule has 4 heterocycles. The van der Waals surface area contributed by atoms with Gasteiger partial charge < -0.3 is 20.1 Å². The highest BCUT2D eigenvalue weighted by Crippen LogP contribution is 2.37. The summed E-state index contributed by atoms with van der Waals surface area (Å²) in [5, 5.41) is 15.5. The lowest BCUT2D eigenvalue weighted by molar-refractivity contribution is -0.139. The number of hydrogen-bond acceptors (Lipinski definition) is 7. The van der Waals surface area contributed by atoms with Crippen LogP contribution in [0.4, 0.5) is 23.4 Å². The van der Waals surface area contributed by atoms with Crippen LogP contribution >= 0.6 is 0 Å². The summed E-state index contributed by atoms with van der Waals surface area (Å²) in [5.74, 6) is -0.439. The van der Waals surface area contributed by atoms with Crippen molar-refractivity contribution >= 4 is 27.5 Å². The second-order valence-electron chi connectivity index (χ2n) is 9.48. The van der Waals surface area contributed by atoms with E-state index in [9.17, 15) is 18.3 Å². The van der Waals surface area contributed by atoms with Crippen LogP contribution in [0.2, 0.25) is 0 Å². The Morgan fingerprint density at radius 3 is 2.57 bits per heavy atom. The molecule has 2 bridgehead atoms. The number of halogens is 4. The van der Waals surface area contributed by atoms with Crippen LogP contribution in [0.25, 0.3) is 32.9 Å². The van der Waals surface area contributed by atoms with Crippen molar-refractivity contribution in [2.75, 3.05) is 24.6 Å². The fourth-order valence-electron chi connectivity index (χ4n) is 5.23. The highest BCUT2D eigenvalue weighted by Gasteiger charge is 2.34. The van der Waals surface area contributed by atoms with Crippen molar-refractivity contribution in [3.63, 3.8) is 0 Å². The lowest BCUT2D eigenvalue weighted by atomic mass is 10.0. The van der Waals surface area contributed by atoms with Gasteiger partial charge in [-0.05, 0) is 35.7 Å². The van der Waals surface area contributed by atoms with Gasteiger partial charge in [-0.1, -0.05) is 24.3 Å². The predicted molar refractivity (Wildman–Crippen MR) is 130 cm³/mol. The van der Waals surface area contributed by atoms with Gasteiger partial charge in [0.2, 0.25) is 0 Å². The maximum absolute atomic E-state index is 16.1. The number of benzene rings is 2. The Kier molecular flexibility index (Phi) is 5.74. The van der Waals surface area contributed by atoms with E-state index in [2.05, 4.69) is 20.3 Å². The first-order valence-corrected chi connectivity index (χ1v) is 12.0. The van der Waals surface area contributed by atoms with Gasteiger partial charge in [0.05, 0.1) is 11.8 Å². The standard InChI is InChI=1S/C26H23F4N5O2/c27-21-22(19-10-17(36)9-14-3-1-2-4-18(14)19)31-11-20-23(21)33-25(37-8-7-26(28,29)30)34-24(20)35-12-15-5-6-16(13-35)32-15/h1-4,9-11,15-16,32,36H,5-8,12-13H2/t15-,16+. The number of phenolic OH excluding ortho intramolecular Hbond substituents is 1. The number of nitrogens with zero attached hydrogens (tertiary/aromatic N) is 4. The summed E-state index contributed by atoms with van der Waals surface area (Å²) < 4.78 is 59.5. The van der Waals surface area contributed by atoms with Crippen LogP contribution in [0, 0.1) is 5.82 Å². The molecule has 0 spiro atoms. The normalized spacial score (nSPS) is 19.6. The highest BCUT2D eigenvalue weighted by molar-refractivity contribution is 5.99. The Labute approximate surface area is 209 Å². The molecule has 2 atom stereocenters.